The van der Waals surface area contributed by atoms with E-state index < -0.39 is 35.0 Å². The number of carbonyl (C=O) groups is 1. The summed E-state index contributed by atoms with van der Waals surface area (Å²) in [6, 6.07) is 9.89. The number of nitrogens with two attached hydrogens (primary N) is 1. The monoisotopic (exact) mass is 444 g/mol. The van der Waals surface area contributed by atoms with E-state index in [1.165, 1.54) is 34.9 Å². The van der Waals surface area contributed by atoms with Crippen LogP contribution in [0.2, 0.25) is 0 Å². The van der Waals surface area contributed by atoms with Crippen LogP contribution in [-0.4, -0.2) is 27.9 Å². The summed E-state index contributed by atoms with van der Waals surface area (Å²) < 4.78 is 79.2. The van der Waals surface area contributed by atoms with Crippen LogP contribution in [0.1, 0.15) is 21.5 Å². The van der Waals surface area contributed by atoms with Crippen molar-refractivity contribution < 1.29 is 36.2 Å². The summed E-state index contributed by atoms with van der Waals surface area (Å²) >= 11 is 0. The fraction of sp³-hybridized carbons (Fsp3) is 0.200. The van der Waals surface area contributed by atoms with E-state index >= 15 is 0 Å². The number of nitrogens with zero attached hydrogens (tertiary/aromatic N) is 1. The van der Waals surface area contributed by atoms with Crippen molar-refractivity contribution in [2.75, 3.05) is 0 Å². The number of hydrogen-bond acceptors (Lipinski definition) is 3. The van der Waals surface area contributed by atoms with Crippen LogP contribution < -0.4 is 11.3 Å². The molecule has 1 amide bonds. The minimum Gasteiger partial charge on any atom is -0.369 e. The molecule has 0 bridgehead atoms. The van der Waals surface area contributed by atoms with E-state index in [9.17, 15) is 41.0 Å². The highest BCUT2D eigenvalue weighted by molar-refractivity contribution is 5.96. The molecule has 0 radical (unpaired) electrons. The zero-order valence-electron chi connectivity index (χ0n) is 15.5. The summed E-state index contributed by atoms with van der Waals surface area (Å²) in [5, 5.41) is 9.93. The molecule has 3 rings (SSSR count). The van der Waals surface area contributed by atoms with E-state index in [2.05, 4.69) is 0 Å². The molecule has 0 spiro atoms. The number of hydrogen-bond donors (Lipinski definition) is 2. The second-order valence-corrected chi connectivity index (χ2v) is 6.80. The molecule has 0 atom stereocenters. The summed E-state index contributed by atoms with van der Waals surface area (Å²) in [5.41, 5.74) is -0.900. The molecule has 0 aliphatic rings. The SMILES string of the molecule is NC(=O)c1ccc2c(ccc(=O)n2Cc2ccc(C(O)(C(F)(F)F)C(F)(F)F)cc2)c1. The van der Waals surface area contributed by atoms with Crippen molar-refractivity contribution in [1.82, 2.24) is 4.57 Å². The molecule has 0 fully saturated rings. The summed E-state index contributed by atoms with van der Waals surface area (Å²) in [5.74, 6) is -0.683. The Kier molecular flexibility index (Phi) is 5.34. The third kappa shape index (κ3) is 3.88. The Bertz CT molecular complexity index is 1180. The highest BCUT2D eigenvalue weighted by Crippen LogP contribution is 2.49. The van der Waals surface area contributed by atoms with E-state index in [1.54, 1.807) is 0 Å². The molecular formula is C20H14F6N2O3. The maximum absolute atomic E-state index is 13.0. The first-order chi connectivity index (χ1) is 14.3. The van der Waals surface area contributed by atoms with Gasteiger partial charge in [0.05, 0.1) is 12.1 Å². The number of fused-ring (bicyclic) bond motifs is 1. The van der Waals surface area contributed by atoms with E-state index in [0.29, 0.717) is 23.0 Å². The quantitative estimate of drug-likeness (QED) is 0.605. The molecule has 0 aliphatic heterocycles. The highest BCUT2D eigenvalue weighted by Gasteiger charge is 2.71. The second-order valence-electron chi connectivity index (χ2n) is 6.80. The van der Waals surface area contributed by atoms with Crippen molar-refractivity contribution in [2.45, 2.75) is 24.5 Å². The zero-order valence-corrected chi connectivity index (χ0v) is 15.5. The predicted molar refractivity (Wildman–Crippen MR) is 98.3 cm³/mol. The summed E-state index contributed by atoms with van der Waals surface area (Å²) in [6.45, 7) is -0.178. The first-order valence-corrected chi connectivity index (χ1v) is 8.64. The van der Waals surface area contributed by atoms with Gasteiger partial charge in [-0.25, -0.2) is 0 Å². The number of aliphatic hydroxyl groups is 1. The number of rotatable bonds is 4. The lowest BCUT2D eigenvalue weighted by atomic mass is 9.91. The normalized spacial score (nSPS) is 12.9. The van der Waals surface area contributed by atoms with E-state index in [1.807, 2.05) is 0 Å². The topological polar surface area (TPSA) is 85.3 Å². The van der Waals surface area contributed by atoms with Crippen LogP contribution in [0.5, 0.6) is 0 Å². The Hall–Kier alpha value is -3.34. The largest absolute Gasteiger partial charge is 0.430 e. The third-order valence-corrected chi connectivity index (χ3v) is 4.81. The molecule has 3 N–H and O–H groups in total. The van der Waals surface area contributed by atoms with Crippen LogP contribution >= 0.6 is 0 Å². The van der Waals surface area contributed by atoms with Gasteiger partial charge in [-0.3, -0.25) is 9.59 Å². The minimum absolute atomic E-state index is 0.178. The highest BCUT2D eigenvalue weighted by atomic mass is 19.4. The summed E-state index contributed by atoms with van der Waals surface area (Å²) in [7, 11) is 0. The molecule has 5 nitrogen and oxygen atoms in total. The molecule has 0 saturated heterocycles. The van der Waals surface area contributed by atoms with Crippen molar-refractivity contribution >= 4 is 16.8 Å². The smallest absolute Gasteiger partial charge is 0.369 e. The van der Waals surface area contributed by atoms with Crippen molar-refractivity contribution in [3.05, 3.63) is 81.6 Å². The van der Waals surface area contributed by atoms with Gasteiger partial charge in [0.25, 0.3) is 11.2 Å². The molecule has 0 unspecified atom stereocenters. The molecule has 0 aliphatic carbocycles. The second kappa shape index (κ2) is 7.41. The Morgan fingerprint density at radius 3 is 2.00 bits per heavy atom. The molecule has 1 heterocycles. The van der Waals surface area contributed by atoms with Crippen molar-refractivity contribution in [3.63, 3.8) is 0 Å². The average molecular weight is 444 g/mol. The first kappa shape index (κ1) is 22.3. The van der Waals surface area contributed by atoms with E-state index in [-0.39, 0.29) is 17.7 Å². The zero-order chi connectivity index (χ0) is 23.2. The lowest BCUT2D eigenvalue weighted by molar-refractivity contribution is -0.376. The van der Waals surface area contributed by atoms with Crippen LogP contribution in [0.15, 0.2) is 59.4 Å². The number of pyridine rings is 1. The van der Waals surface area contributed by atoms with Gasteiger partial charge in [0.1, 0.15) is 0 Å². The molecule has 3 aromatic rings. The molecule has 2 aromatic carbocycles. The average Bonchev–Trinajstić information content (AvgIpc) is 2.68. The van der Waals surface area contributed by atoms with Crippen LogP contribution in [0.3, 0.4) is 0 Å². The predicted octanol–water partition coefficient (Wildman–Crippen LogP) is 3.46. The lowest BCUT2D eigenvalue weighted by Crippen LogP contribution is -2.53. The van der Waals surface area contributed by atoms with Crippen molar-refractivity contribution in [2.24, 2.45) is 5.73 Å². The summed E-state index contributed by atoms with van der Waals surface area (Å²) in [4.78, 5) is 23.6. The summed E-state index contributed by atoms with van der Waals surface area (Å²) in [6.07, 6.45) is -12.0. The van der Waals surface area contributed by atoms with Gasteiger partial charge in [0.2, 0.25) is 5.91 Å². The van der Waals surface area contributed by atoms with Crippen molar-refractivity contribution in [1.29, 1.82) is 0 Å². The maximum atomic E-state index is 13.0. The van der Waals surface area contributed by atoms with Gasteiger partial charge < -0.3 is 15.4 Å². The first-order valence-electron chi connectivity index (χ1n) is 8.64. The van der Waals surface area contributed by atoms with Crippen LogP contribution in [0.25, 0.3) is 10.9 Å². The van der Waals surface area contributed by atoms with E-state index in [0.717, 1.165) is 12.1 Å². The maximum Gasteiger partial charge on any atom is 0.430 e. The Morgan fingerprint density at radius 1 is 0.903 bits per heavy atom. The van der Waals surface area contributed by atoms with Gasteiger partial charge in [0, 0.05) is 17.2 Å². The van der Waals surface area contributed by atoms with Gasteiger partial charge >= 0.3 is 12.4 Å². The van der Waals surface area contributed by atoms with Gasteiger partial charge in [-0.2, -0.15) is 26.3 Å². The number of carbonyl (C=O) groups excluding carboxylic acids is 1. The molecule has 164 valence electrons. The van der Waals surface area contributed by atoms with Gasteiger partial charge in [-0.1, -0.05) is 24.3 Å². The number of aromatic nitrogens is 1. The number of primary amides is 1. The molecule has 31 heavy (non-hydrogen) atoms. The molecule has 0 saturated carbocycles. The number of benzene rings is 2. The van der Waals surface area contributed by atoms with Crippen molar-refractivity contribution in [3.8, 4) is 0 Å². The van der Waals surface area contributed by atoms with Gasteiger partial charge in [-0.15, -0.1) is 0 Å². The fourth-order valence-electron chi connectivity index (χ4n) is 3.14. The number of alkyl halides is 6. The van der Waals surface area contributed by atoms with Crippen LogP contribution in [0, 0.1) is 0 Å². The Morgan fingerprint density at radius 2 is 1.48 bits per heavy atom. The van der Waals surface area contributed by atoms with E-state index in [4.69, 9.17) is 5.73 Å². The van der Waals surface area contributed by atoms with Gasteiger partial charge in [0.15, 0.2) is 0 Å². The Balaban J connectivity index is 2.02. The van der Waals surface area contributed by atoms with Gasteiger partial charge in [-0.05, 0) is 35.2 Å². The third-order valence-electron chi connectivity index (χ3n) is 4.81. The standard InChI is InChI=1S/C20H14F6N2O3/c21-19(22,23)18(31,20(24,25)26)14-5-1-11(2-6-14)10-28-15-7-3-13(17(27)30)9-12(15)4-8-16(28)29/h1-9,31H,10H2,(H2,27,30). The van der Waals surface area contributed by atoms with Crippen LogP contribution in [0.4, 0.5) is 26.3 Å². The number of amides is 1. The molecular weight excluding hydrogens is 430 g/mol. The fourth-order valence-corrected chi connectivity index (χ4v) is 3.14. The molecule has 11 heteroatoms. The minimum atomic E-state index is -5.99. The Labute approximate surface area is 170 Å². The lowest BCUT2D eigenvalue weighted by Gasteiger charge is -2.32. The number of halogens is 6. The van der Waals surface area contributed by atoms with Crippen LogP contribution in [-0.2, 0) is 12.1 Å². The molecule has 1 aromatic heterocycles.